The maximum atomic E-state index is 13.0. The van der Waals surface area contributed by atoms with E-state index >= 15 is 0 Å². The first-order valence-corrected chi connectivity index (χ1v) is 10.9. The van der Waals surface area contributed by atoms with Gasteiger partial charge in [-0.15, -0.1) is 0 Å². The van der Waals surface area contributed by atoms with Crippen molar-refractivity contribution in [1.82, 2.24) is 4.90 Å². The lowest BCUT2D eigenvalue weighted by Gasteiger charge is -2.26. The Hall–Kier alpha value is -3.35. The fourth-order valence-corrected chi connectivity index (χ4v) is 4.77. The lowest BCUT2D eigenvalue weighted by atomic mass is 9.93. The number of anilines is 1. The van der Waals surface area contributed by atoms with Crippen LogP contribution in [0.2, 0.25) is 0 Å². The third kappa shape index (κ3) is 4.77. The maximum absolute atomic E-state index is 13.0. The molecule has 2 aromatic carbocycles. The summed E-state index contributed by atoms with van der Waals surface area (Å²) in [7, 11) is 0. The van der Waals surface area contributed by atoms with Gasteiger partial charge in [0.05, 0.1) is 6.54 Å². The summed E-state index contributed by atoms with van der Waals surface area (Å²) in [6.45, 7) is 4.02. The van der Waals surface area contributed by atoms with Gasteiger partial charge in [-0.3, -0.25) is 9.59 Å². The summed E-state index contributed by atoms with van der Waals surface area (Å²) in [5.41, 5.74) is 2.95. The van der Waals surface area contributed by atoms with Gasteiger partial charge in [0.2, 0.25) is 5.91 Å². The molecule has 0 spiro atoms. The van der Waals surface area contributed by atoms with Crippen molar-refractivity contribution in [2.45, 2.75) is 51.4 Å². The fourth-order valence-electron chi connectivity index (χ4n) is 4.77. The maximum Gasteiger partial charge on any atom is 0.410 e. The smallest absolute Gasteiger partial charge is 0.410 e. The minimum atomic E-state index is -0.414. The zero-order chi connectivity index (χ0) is 22.7. The van der Waals surface area contributed by atoms with Crippen molar-refractivity contribution in [2.24, 2.45) is 0 Å². The van der Waals surface area contributed by atoms with E-state index in [0.717, 1.165) is 16.8 Å². The quantitative estimate of drug-likeness (QED) is 0.665. The highest BCUT2D eigenvalue weighted by atomic mass is 16.6. The molecule has 3 atom stereocenters. The molecule has 7 nitrogen and oxygen atoms in total. The van der Waals surface area contributed by atoms with E-state index in [4.69, 9.17) is 9.47 Å². The lowest BCUT2D eigenvalue weighted by molar-refractivity contribution is -0.145. The summed E-state index contributed by atoms with van der Waals surface area (Å²) in [6.07, 6.45) is 0.447. The number of esters is 1. The molecule has 168 valence electrons. The Morgan fingerprint density at radius 3 is 2.41 bits per heavy atom. The molecule has 2 amide bonds. The summed E-state index contributed by atoms with van der Waals surface area (Å²) >= 11 is 0. The molecule has 0 radical (unpaired) electrons. The van der Waals surface area contributed by atoms with Crippen LogP contribution >= 0.6 is 0 Å². The Morgan fingerprint density at radius 2 is 1.69 bits per heavy atom. The number of para-hydroxylation sites is 1. The molecule has 2 heterocycles. The minimum Gasteiger partial charge on any atom is -0.461 e. The van der Waals surface area contributed by atoms with Gasteiger partial charge in [0.1, 0.15) is 12.7 Å². The summed E-state index contributed by atoms with van der Waals surface area (Å²) in [4.78, 5) is 40.1. The zero-order valence-corrected chi connectivity index (χ0v) is 18.4. The molecule has 2 aliphatic rings. The van der Waals surface area contributed by atoms with Gasteiger partial charge in [-0.1, -0.05) is 48.5 Å². The van der Waals surface area contributed by atoms with E-state index < -0.39 is 6.09 Å². The molecule has 0 bridgehead atoms. The van der Waals surface area contributed by atoms with Crippen molar-refractivity contribution in [3.63, 3.8) is 0 Å². The van der Waals surface area contributed by atoms with Gasteiger partial charge in [0, 0.05) is 44.5 Å². The van der Waals surface area contributed by atoms with Crippen molar-refractivity contribution < 1.29 is 23.9 Å². The minimum absolute atomic E-state index is 0.00304. The highest BCUT2D eigenvalue weighted by Crippen LogP contribution is 2.41. The first-order valence-electron chi connectivity index (χ1n) is 10.9. The van der Waals surface area contributed by atoms with E-state index in [0.29, 0.717) is 25.9 Å². The van der Waals surface area contributed by atoms with Gasteiger partial charge < -0.3 is 19.3 Å². The van der Waals surface area contributed by atoms with E-state index in [-0.39, 0.29) is 36.5 Å². The molecule has 0 aliphatic carbocycles. The van der Waals surface area contributed by atoms with Crippen molar-refractivity contribution in [2.75, 3.05) is 18.0 Å². The number of fused-ring (bicyclic) bond motifs is 1. The first kappa shape index (κ1) is 21.9. The number of rotatable bonds is 5. The molecule has 0 unspecified atom stereocenters. The summed E-state index contributed by atoms with van der Waals surface area (Å²) in [6, 6.07) is 17.3. The molecule has 7 heteroatoms. The number of carbonyl (C=O) groups excluding carboxylic acids is 3. The molecule has 32 heavy (non-hydrogen) atoms. The summed E-state index contributed by atoms with van der Waals surface area (Å²) in [5.74, 6) is -0.258. The van der Waals surface area contributed by atoms with Gasteiger partial charge in [-0.25, -0.2) is 4.79 Å². The number of carbonyl (C=O) groups is 3. The van der Waals surface area contributed by atoms with Gasteiger partial charge in [0.15, 0.2) is 0 Å². The van der Waals surface area contributed by atoms with Crippen LogP contribution in [0.25, 0.3) is 0 Å². The highest BCUT2D eigenvalue weighted by Gasteiger charge is 2.41. The Balaban J connectivity index is 1.49. The monoisotopic (exact) mass is 436 g/mol. The van der Waals surface area contributed by atoms with Crippen LogP contribution in [0, 0.1) is 0 Å². The third-order valence-corrected chi connectivity index (χ3v) is 6.16. The fraction of sp³-hybridized carbons (Fsp3) is 0.400. The number of ether oxygens (including phenoxy) is 2. The van der Waals surface area contributed by atoms with Crippen molar-refractivity contribution in [3.8, 4) is 0 Å². The Kier molecular flexibility index (Phi) is 6.44. The van der Waals surface area contributed by atoms with Crippen molar-refractivity contribution in [1.29, 1.82) is 0 Å². The SMILES string of the molecule is CC(=O)O[C@H]1C[C@@H](C[C@@H]2CN(C(C)=O)c3ccccc32)N(C(=O)OCc2ccccc2)C1. The summed E-state index contributed by atoms with van der Waals surface area (Å²) < 4.78 is 11.0. The number of likely N-dealkylation sites (tertiary alicyclic amines) is 1. The van der Waals surface area contributed by atoms with E-state index in [9.17, 15) is 14.4 Å². The highest BCUT2D eigenvalue weighted by molar-refractivity contribution is 5.94. The lowest BCUT2D eigenvalue weighted by Crippen LogP contribution is -2.38. The molecule has 0 aromatic heterocycles. The number of hydrogen-bond acceptors (Lipinski definition) is 5. The molecule has 2 aliphatic heterocycles. The van der Waals surface area contributed by atoms with Gasteiger partial charge >= 0.3 is 12.1 Å². The van der Waals surface area contributed by atoms with E-state index in [2.05, 4.69) is 0 Å². The van der Waals surface area contributed by atoms with Crippen LogP contribution in [0.4, 0.5) is 10.5 Å². The predicted molar refractivity (Wildman–Crippen MR) is 119 cm³/mol. The molecular weight excluding hydrogens is 408 g/mol. The van der Waals surface area contributed by atoms with Crippen LogP contribution < -0.4 is 4.90 Å². The van der Waals surface area contributed by atoms with E-state index in [1.807, 2.05) is 54.6 Å². The second kappa shape index (κ2) is 9.42. The van der Waals surface area contributed by atoms with Crippen molar-refractivity contribution in [3.05, 3.63) is 65.7 Å². The van der Waals surface area contributed by atoms with Crippen LogP contribution in [0.15, 0.2) is 54.6 Å². The number of amides is 2. The molecule has 0 N–H and O–H groups in total. The third-order valence-electron chi connectivity index (χ3n) is 6.16. The zero-order valence-electron chi connectivity index (χ0n) is 18.4. The van der Waals surface area contributed by atoms with E-state index in [1.54, 1.807) is 16.7 Å². The number of hydrogen-bond donors (Lipinski definition) is 0. The molecule has 1 fully saturated rings. The normalized spacial score (nSPS) is 21.9. The molecule has 1 saturated heterocycles. The van der Waals surface area contributed by atoms with Gasteiger partial charge in [0.25, 0.3) is 0 Å². The van der Waals surface area contributed by atoms with Crippen LogP contribution in [0.3, 0.4) is 0 Å². The van der Waals surface area contributed by atoms with Gasteiger partial charge in [-0.05, 0) is 23.6 Å². The average molecular weight is 437 g/mol. The molecule has 2 aromatic rings. The Bertz CT molecular complexity index is 993. The van der Waals surface area contributed by atoms with Crippen molar-refractivity contribution >= 4 is 23.7 Å². The largest absolute Gasteiger partial charge is 0.461 e. The summed E-state index contributed by atoms with van der Waals surface area (Å²) in [5, 5.41) is 0. The topological polar surface area (TPSA) is 76.2 Å². The van der Waals surface area contributed by atoms with E-state index in [1.165, 1.54) is 6.92 Å². The van der Waals surface area contributed by atoms with Crippen LogP contribution in [0.1, 0.15) is 43.7 Å². The standard InChI is InChI=1S/C25H28N2O5/c1-17(28)26-14-20(23-10-6-7-11-24(23)26)12-21-13-22(32-18(2)29)15-27(21)25(30)31-16-19-8-4-3-5-9-19/h3-11,20-22H,12-16H2,1-2H3/t20-,21-,22+/m1/s1. The Morgan fingerprint density at radius 1 is 0.969 bits per heavy atom. The average Bonchev–Trinajstić information content (AvgIpc) is 3.34. The predicted octanol–water partition coefficient (Wildman–Crippen LogP) is 3.87. The van der Waals surface area contributed by atoms with Crippen LogP contribution in [-0.2, 0) is 25.7 Å². The number of nitrogens with zero attached hydrogens (tertiary/aromatic N) is 2. The second-order valence-corrected chi connectivity index (χ2v) is 8.43. The second-order valence-electron chi connectivity index (χ2n) is 8.43. The number of benzene rings is 2. The van der Waals surface area contributed by atoms with Crippen LogP contribution in [0.5, 0.6) is 0 Å². The van der Waals surface area contributed by atoms with Crippen LogP contribution in [-0.4, -0.2) is 48.1 Å². The van der Waals surface area contributed by atoms with Gasteiger partial charge in [-0.2, -0.15) is 0 Å². The molecule has 0 saturated carbocycles. The Labute approximate surface area is 187 Å². The first-order chi connectivity index (χ1) is 15.4. The molecule has 4 rings (SSSR count). The molecular formula is C25H28N2O5.